The average Bonchev–Trinajstić information content (AvgIpc) is 3.43. The van der Waals surface area contributed by atoms with Crippen molar-refractivity contribution in [2.24, 2.45) is 0 Å². The van der Waals surface area contributed by atoms with E-state index in [1.54, 1.807) is 40.4 Å². The highest BCUT2D eigenvalue weighted by Gasteiger charge is 2.41. The number of anilines is 4. The summed E-state index contributed by atoms with van der Waals surface area (Å²) in [6.45, 7) is 1.54. The van der Waals surface area contributed by atoms with Crippen LogP contribution in [0.1, 0.15) is 12.8 Å². The van der Waals surface area contributed by atoms with Crippen LogP contribution < -0.4 is 20.0 Å². The van der Waals surface area contributed by atoms with Gasteiger partial charge < -0.3 is 9.80 Å². The number of nitrogens with one attached hydrogen (secondary N) is 1. The lowest BCUT2D eigenvalue weighted by molar-refractivity contribution is 0.0256. The standard InChI is InChI=1S/C24H23F2N7O/c25-24(26)8-12-32(15-24)21-13-16(6-10-28-21)18-4-5-19-22(29-18)33(17-7-11-31(19)14-17)23(34)30-20-3-1-2-9-27-20/h1-6,9-10,13,17H,7-8,11-12,14-15H2,(H,27,30,34)/t17-/m0/s1. The summed E-state index contributed by atoms with van der Waals surface area (Å²) >= 11 is 0. The molecule has 3 aliphatic heterocycles. The van der Waals surface area contributed by atoms with Crippen LogP contribution in [0, 0.1) is 0 Å². The molecule has 2 amide bonds. The van der Waals surface area contributed by atoms with Crippen molar-refractivity contribution >= 4 is 29.2 Å². The summed E-state index contributed by atoms with van der Waals surface area (Å²) in [6.07, 6.45) is 3.92. The Kier molecular flexibility index (Phi) is 4.82. The van der Waals surface area contributed by atoms with Gasteiger partial charge in [-0.1, -0.05) is 6.07 Å². The molecule has 0 spiro atoms. The third kappa shape index (κ3) is 3.68. The number of halogens is 2. The number of carbonyl (C=O) groups is 1. The molecule has 34 heavy (non-hydrogen) atoms. The highest BCUT2D eigenvalue weighted by molar-refractivity contribution is 6.04. The Bertz CT molecular complexity index is 1240. The first-order valence-electron chi connectivity index (χ1n) is 11.3. The molecule has 6 heterocycles. The predicted molar refractivity (Wildman–Crippen MR) is 126 cm³/mol. The van der Waals surface area contributed by atoms with Gasteiger partial charge in [-0.2, -0.15) is 0 Å². The number of urea groups is 1. The minimum atomic E-state index is -2.70. The lowest BCUT2D eigenvalue weighted by atomic mass is 10.1. The van der Waals surface area contributed by atoms with Crippen LogP contribution >= 0.6 is 0 Å². The molecular formula is C24H23F2N7O. The van der Waals surface area contributed by atoms with Gasteiger partial charge in [-0.05, 0) is 42.8 Å². The largest absolute Gasteiger partial charge is 0.366 e. The quantitative estimate of drug-likeness (QED) is 0.633. The summed E-state index contributed by atoms with van der Waals surface area (Å²) in [7, 11) is 0. The minimum absolute atomic E-state index is 0.0128. The van der Waals surface area contributed by atoms with Crippen molar-refractivity contribution < 1.29 is 13.6 Å². The Morgan fingerprint density at radius 3 is 2.76 bits per heavy atom. The normalized spacial score (nSPS) is 20.4. The second-order valence-electron chi connectivity index (χ2n) is 8.87. The van der Waals surface area contributed by atoms with E-state index in [-0.39, 0.29) is 31.6 Å². The Morgan fingerprint density at radius 1 is 1.06 bits per heavy atom. The van der Waals surface area contributed by atoms with Crippen molar-refractivity contribution in [2.45, 2.75) is 24.8 Å². The lowest BCUT2D eigenvalue weighted by Crippen LogP contribution is -2.48. The molecule has 2 fully saturated rings. The molecule has 0 saturated carbocycles. The average molecular weight is 463 g/mol. The first kappa shape index (κ1) is 20.8. The van der Waals surface area contributed by atoms with Crippen molar-refractivity contribution in [3.8, 4) is 11.3 Å². The fourth-order valence-electron chi connectivity index (χ4n) is 4.92. The SMILES string of the molecule is O=C(Nc1ccccn1)N1c2nc(-c3ccnc(N4CCC(F)(F)C4)c3)ccc2N2CC[C@H]1C2. The van der Waals surface area contributed by atoms with Gasteiger partial charge in [0.05, 0.1) is 24.0 Å². The number of hydrogen-bond donors (Lipinski definition) is 1. The van der Waals surface area contributed by atoms with Crippen LogP contribution in [-0.2, 0) is 0 Å². The molecule has 10 heteroatoms. The molecule has 3 aromatic heterocycles. The summed E-state index contributed by atoms with van der Waals surface area (Å²) in [6, 6.07) is 12.6. The van der Waals surface area contributed by atoms with E-state index in [0.717, 1.165) is 30.8 Å². The molecule has 2 bridgehead atoms. The summed E-state index contributed by atoms with van der Waals surface area (Å²) in [4.78, 5) is 32.2. The molecule has 0 unspecified atom stereocenters. The Balaban J connectivity index is 1.34. The number of nitrogens with zero attached hydrogens (tertiary/aromatic N) is 6. The Labute approximate surface area is 195 Å². The number of carbonyl (C=O) groups excluding carboxylic acids is 1. The van der Waals surface area contributed by atoms with E-state index in [0.29, 0.717) is 23.1 Å². The molecular weight excluding hydrogens is 440 g/mol. The van der Waals surface area contributed by atoms with Crippen molar-refractivity contribution in [1.29, 1.82) is 0 Å². The molecule has 3 aliphatic rings. The molecule has 3 aromatic rings. The number of pyridine rings is 3. The Hall–Kier alpha value is -3.82. The number of fused-ring (bicyclic) bond motifs is 4. The maximum Gasteiger partial charge on any atom is 0.329 e. The number of amides is 2. The summed E-state index contributed by atoms with van der Waals surface area (Å²) < 4.78 is 27.4. The Morgan fingerprint density at radius 2 is 1.97 bits per heavy atom. The van der Waals surface area contributed by atoms with Gasteiger partial charge in [0.2, 0.25) is 0 Å². The lowest BCUT2D eigenvalue weighted by Gasteiger charge is -2.35. The van der Waals surface area contributed by atoms with Gasteiger partial charge in [-0.15, -0.1) is 0 Å². The third-order valence-electron chi connectivity index (χ3n) is 6.61. The zero-order valence-electron chi connectivity index (χ0n) is 18.4. The van der Waals surface area contributed by atoms with E-state index < -0.39 is 5.92 Å². The van der Waals surface area contributed by atoms with E-state index in [1.807, 2.05) is 24.3 Å². The maximum atomic E-state index is 13.7. The van der Waals surface area contributed by atoms with Crippen LogP contribution in [0.25, 0.3) is 11.3 Å². The smallest absolute Gasteiger partial charge is 0.329 e. The van der Waals surface area contributed by atoms with Crippen LogP contribution in [0.3, 0.4) is 0 Å². The fraction of sp³-hybridized carbons (Fsp3) is 0.333. The van der Waals surface area contributed by atoms with E-state index >= 15 is 0 Å². The predicted octanol–water partition coefficient (Wildman–Crippen LogP) is 4.01. The molecule has 1 atom stereocenters. The zero-order valence-corrected chi connectivity index (χ0v) is 18.4. The fourth-order valence-corrected chi connectivity index (χ4v) is 4.92. The first-order valence-corrected chi connectivity index (χ1v) is 11.3. The van der Waals surface area contributed by atoms with Gasteiger partial charge >= 0.3 is 6.03 Å². The molecule has 6 rings (SSSR count). The number of rotatable bonds is 3. The second kappa shape index (κ2) is 7.89. The molecule has 2 saturated heterocycles. The second-order valence-corrected chi connectivity index (χ2v) is 8.87. The minimum Gasteiger partial charge on any atom is -0.366 e. The molecule has 0 aliphatic carbocycles. The zero-order chi connectivity index (χ0) is 23.3. The van der Waals surface area contributed by atoms with Crippen LogP contribution in [0.4, 0.5) is 36.7 Å². The van der Waals surface area contributed by atoms with Crippen LogP contribution in [0.5, 0.6) is 0 Å². The van der Waals surface area contributed by atoms with Crippen molar-refractivity contribution in [3.05, 3.63) is 54.9 Å². The molecule has 8 nitrogen and oxygen atoms in total. The summed E-state index contributed by atoms with van der Waals surface area (Å²) in [5.74, 6) is -1.13. The van der Waals surface area contributed by atoms with Gasteiger partial charge in [0.15, 0.2) is 5.82 Å². The van der Waals surface area contributed by atoms with Crippen LogP contribution in [0.15, 0.2) is 54.9 Å². The van der Waals surface area contributed by atoms with Gasteiger partial charge in [0.1, 0.15) is 11.6 Å². The molecule has 0 radical (unpaired) electrons. The molecule has 1 N–H and O–H groups in total. The molecule has 0 aromatic carbocycles. The van der Waals surface area contributed by atoms with E-state index in [1.165, 1.54) is 0 Å². The van der Waals surface area contributed by atoms with Gasteiger partial charge in [0, 0.05) is 44.0 Å². The van der Waals surface area contributed by atoms with E-state index in [4.69, 9.17) is 4.98 Å². The highest BCUT2D eigenvalue weighted by Crippen LogP contribution is 2.40. The maximum absolute atomic E-state index is 13.7. The monoisotopic (exact) mass is 463 g/mol. The van der Waals surface area contributed by atoms with Crippen LogP contribution in [0.2, 0.25) is 0 Å². The number of alkyl halides is 2. The van der Waals surface area contributed by atoms with Gasteiger partial charge in [-0.3, -0.25) is 10.2 Å². The summed E-state index contributed by atoms with van der Waals surface area (Å²) in [5, 5.41) is 2.88. The van der Waals surface area contributed by atoms with Gasteiger partial charge in [-0.25, -0.2) is 28.5 Å². The molecule has 174 valence electrons. The highest BCUT2D eigenvalue weighted by atomic mass is 19.3. The van der Waals surface area contributed by atoms with Crippen molar-refractivity contribution in [1.82, 2.24) is 15.0 Å². The van der Waals surface area contributed by atoms with E-state index in [2.05, 4.69) is 20.2 Å². The number of aromatic nitrogens is 3. The van der Waals surface area contributed by atoms with Crippen LogP contribution in [-0.4, -0.2) is 59.1 Å². The topological polar surface area (TPSA) is 77.5 Å². The third-order valence-corrected chi connectivity index (χ3v) is 6.61. The summed E-state index contributed by atoms with van der Waals surface area (Å²) in [5.41, 5.74) is 2.33. The van der Waals surface area contributed by atoms with Crippen molar-refractivity contribution in [3.63, 3.8) is 0 Å². The first-order chi connectivity index (χ1) is 16.5. The van der Waals surface area contributed by atoms with Gasteiger partial charge in [0.25, 0.3) is 5.92 Å². The van der Waals surface area contributed by atoms with Crippen molar-refractivity contribution in [2.75, 3.05) is 46.2 Å². The number of hydrogen-bond acceptors (Lipinski definition) is 6. The van der Waals surface area contributed by atoms with E-state index in [9.17, 15) is 13.6 Å².